The monoisotopic (exact) mass is 619 g/mol. The van der Waals surface area contributed by atoms with Gasteiger partial charge in [-0.05, 0) is 82.6 Å². The Morgan fingerprint density at radius 2 is 1.59 bits per heavy atom. The molecule has 0 bridgehead atoms. The van der Waals surface area contributed by atoms with Crippen molar-refractivity contribution in [3.05, 3.63) is 87.9 Å². The third-order valence-electron chi connectivity index (χ3n) is 6.24. The number of nitrogens with zero attached hydrogens (tertiary/aromatic N) is 2. The van der Waals surface area contributed by atoms with Crippen molar-refractivity contribution >= 4 is 50.7 Å². The molecule has 3 rings (SSSR count). The summed E-state index contributed by atoms with van der Waals surface area (Å²) in [7, 11) is -2.77. The molecule has 0 aliphatic rings. The number of sulfonamides is 1. The first-order valence-corrected chi connectivity index (χ1v) is 15.1. The zero-order valence-electron chi connectivity index (χ0n) is 23.9. The molecule has 0 radical (unpaired) electrons. The number of ether oxygens (including phenoxy) is 1. The largest absolute Gasteiger partial charge is 0.495 e. The zero-order valence-corrected chi connectivity index (χ0v) is 26.3. The molecule has 220 valence electrons. The molecule has 2 amide bonds. The van der Waals surface area contributed by atoms with Gasteiger partial charge in [-0.15, -0.1) is 0 Å². The molecular weight excluding hydrogens is 585 g/mol. The van der Waals surface area contributed by atoms with Gasteiger partial charge in [-0.2, -0.15) is 0 Å². The van der Waals surface area contributed by atoms with Gasteiger partial charge >= 0.3 is 0 Å². The van der Waals surface area contributed by atoms with Gasteiger partial charge in [-0.1, -0.05) is 53.0 Å². The minimum atomic E-state index is -4.22. The van der Waals surface area contributed by atoms with E-state index in [0.717, 1.165) is 15.4 Å². The molecule has 0 aliphatic carbocycles. The first kappa shape index (κ1) is 32.2. The van der Waals surface area contributed by atoms with Crippen molar-refractivity contribution in [2.24, 2.45) is 0 Å². The van der Waals surface area contributed by atoms with E-state index in [2.05, 4.69) is 5.32 Å². The van der Waals surface area contributed by atoms with Crippen molar-refractivity contribution in [1.82, 2.24) is 10.2 Å². The second kappa shape index (κ2) is 13.1. The molecule has 3 aromatic carbocycles. The van der Waals surface area contributed by atoms with Gasteiger partial charge in [0.15, 0.2) is 0 Å². The van der Waals surface area contributed by atoms with Gasteiger partial charge in [0.2, 0.25) is 11.8 Å². The SMILES string of the molecule is COc1ccc(N(CC(=O)N(Cc2ccc(Cl)cc2)C(C)C(=O)NC(C)(C)C)S(=O)(=O)c2ccc(C)cc2)cc1Cl. The van der Waals surface area contributed by atoms with Crippen molar-refractivity contribution < 1.29 is 22.7 Å². The highest BCUT2D eigenvalue weighted by Crippen LogP contribution is 2.32. The Morgan fingerprint density at radius 1 is 0.976 bits per heavy atom. The summed E-state index contributed by atoms with van der Waals surface area (Å²) in [6.07, 6.45) is 0. The predicted molar refractivity (Wildman–Crippen MR) is 163 cm³/mol. The standard InChI is InChI=1S/C30H35Cl2N3O5S/c1-20-7-14-25(15-8-20)41(38,39)35(24-13-16-27(40-6)26(32)17-24)19-28(36)34(18-22-9-11-23(31)12-10-22)21(2)29(37)33-30(3,4)5/h7-17,21H,18-19H2,1-6H3,(H,33,37). The summed E-state index contributed by atoms with van der Waals surface area (Å²) in [6.45, 7) is 8.44. The van der Waals surface area contributed by atoms with Gasteiger partial charge in [-0.3, -0.25) is 13.9 Å². The Hall–Kier alpha value is -3.27. The van der Waals surface area contributed by atoms with Crippen LogP contribution in [-0.2, 0) is 26.2 Å². The third-order valence-corrected chi connectivity index (χ3v) is 8.58. The van der Waals surface area contributed by atoms with E-state index in [-0.39, 0.29) is 28.1 Å². The van der Waals surface area contributed by atoms with E-state index in [1.807, 2.05) is 27.7 Å². The minimum absolute atomic E-state index is 0.00520. The van der Waals surface area contributed by atoms with Crippen LogP contribution in [0.4, 0.5) is 5.69 Å². The van der Waals surface area contributed by atoms with Gasteiger partial charge in [0.1, 0.15) is 18.3 Å². The molecule has 1 atom stereocenters. The van der Waals surface area contributed by atoms with Crippen molar-refractivity contribution in [2.75, 3.05) is 18.0 Å². The normalized spacial score (nSPS) is 12.4. The van der Waals surface area contributed by atoms with Crippen LogP contribution in [-0.4, -0.2) is 50.4 Å². The molecule has 0 fully saturated rings. The molecule has 8 nitrogen and oxygen atoms in total. The van der Waals surface area contributed by atoms with Crippen molar-refractivity contribution in [2.45, 2.75) is 57.6 Å². The Kier molecular flexibility index (Phi) is 10.3. The Labute approximate surface area is 252 Å². The summed E-state index contributed by atoms with van der Waals surface area (Å²) in [5.74, 6) is -0.606. The number of anilines is 1. The average molecular weight is 621 g/mol. The number of carbonyl (C=O) groups excluding carboxylic acids is 2. The molecular formula is C30H35Cl2N3O5S. The van der Waals surface area contributed by atoms with E-state index in [4.69, 9.17) is 27.9 Å². The lowest BCUT2D eigenvalue weighted by Gasteiger charge is -2.33. The quantitative estimate of drug-likeness (QED) is 0.308. The molecule has 1 unspecified atom stereocenters. The lowest BCUT2D eigenvalue weighted by molar-refractivity contribution is -0.140. The van der Waals surface area contributed by atoms with Crippen LogP contribution in [0, 0.1) is 6.92 Å². The summed E-state index contributed by atoms with van der Waals surface area (Å²) in [5.41, 5.74) is 1.23. The van der Waals surface area contributed by atoms with E-state index < -0.39 is 34.1 Å². The minimum Gasteiger partial charge on any atom is -0.495 e. The van der Waals surface area contributed by atoms with Crippen molar-refractivity contribution in [1.29, 1.82) is 0 Å². The fraction of sp³-hybridized carbons (Fsp3) is 0.333. The zero-order chi connectivity index (χ0) is 30.5. The maximum absolute atomic E-state index is 14.0. The number of carbonyl (C=O) groups is 2. The van der Waals surface area contributed by atoms with Crippen LogP contribution >= 0.6 is 23.2 Å². The molecule has 0 saturated heterocycles. The summed E-state index contributed by atoms with van der Waals surface area (Å²) in [6, 6.07) is 16.8. The maximum atomic E-state index is 14.0. The van der Waals surface area contributed by atoms with E-state index >= 15 is 0 Å². The topological polar surface area (TPSA) is 96.0 Å². The number of hydrogen-bond acceptors (Lipinski definition) is 5. The number of nitrogens with one attached hydrogen (secondary N) is 1. The average Bonchev–Trinajstić information content (AvgIpc) is 2.90. The first-order chi connectivity index (χ1) is 19.1. The number of rotatable bonds is 10. The van der Waals surface area contributed by atoms with E-state index in [0.29, 0.717) is 10.8 Å². The van der Waals surface area contributed by atoms with Crippen LogP contribution in [0.5, 0.6) is 5.75 Å². The molecule has 3 aromatic rings. The van der Waals surface area contributed by atoms with Gasteiger partial charge in [0, 0.05) is 17.1 Å². The second-order valence-electron chi connectivity index (χ2n) is 10.7. The highest BCUT2D eigenvalue weighted by atomic mass is 35.5. The summed E-state index contributed by atoms with van der Waals surface area (Å²) in [4.78, 5) is 28.5. The smallest absolute Gasteiger partial charge is 0.264 e. The predicted octanol–water partition coefficient (Wildman–Crippen LogP) is 5.84. The van der Waals surface area contributed by atoms with E-state index in [1.54, 1.807) is 43.3 Å². The number of methoxy groups -OCH3 is 1. The number of benzene rings is 3. The Balaban J connectivity index is 2.07. The van der Waals surface area contributed by atoms with Crippen LogP contribution < -0.4 is 14.4 Å². The van der Waals surface area contributed by atoms with Gasteiger partial charge in [0.25, 0.3) is 10.0 Å². The highest BCUT2D eigenvalue weighted by molar-refractivity contribution is 7.92. The molecule has 41 heavy (non-hydrogen) atoms. The van der Waals surface area contributed by atoms with Crippen LogP contribution in [0.2, 0.25) is 10.0 Å². The van der Waals surface area contributed by atoms with Crippen LogP contribution in [0.15, 0.2) is 71.6 Å². The molecule has 0 spiro atoms. The molecule has 0 saturated carbocycles. The van der Waals surface area contributed by atoms with Gasteiger partial charge in [0.05, 0.1) is 22.7 Å². The fourth-order valence-corrected chi connectivity index (χ4v) is 5.80. The maximum Gasteiger partial charge on any atom is 0.264 e. The first-order valence-electron chi connectivity index (χ1n) is 12.9. The fourth-order valence-electron chi connectivity index (χ4n) is 4.02. The molecule has 0 aliphatic heterocycles. The third kappa shape index (κ3) is 8.38. The lowest BCUT2D eigenvalue weighted by Crippen LogP contribution is -2.54. The summed E-state index contributed by atoms with van der Waals surface area (Å²) >= 11 is 12.4. The summed E-state index contributed by atoms with van der Waals surface area (Å²) < 4.78 is 34.1. The molecule has 11 heteroatoms. The molecule has 0 aromatic heterocycles. The van der Waals surface area contributed by atoms with Crippen molar-refractivity contribution in [3.8, 4) is 5.75 Å². The number of hydrogen-bond donors (Lipinski definition) is 1. The highest BCUT2D eigenvalue weighted by Gasteiger charge is 2.33. The lowest BCUT2D eigenvalue weighted by atomic mass is 10.1. The second-order valence-corrected chi connectivity index (χ2v) is 13.4. The van der Waals surface area contributed by atoms with E-state index in [9.17, 15) is 18.0 Å². The van der Waals surface area contributed by atoms with Gasteiger partial charge in [-0.25, -0.2) is 8.42 Å². The van der Waals surface area contributed by atoms with Gasteiger partial charge < -0.3 is 15.0 Å². The van der Waals surface area contributed by atoms with Crippen LogP contribution in [0.25, 0.3) is 0 Å². The number of halogens is 2. The Bertz CT molecular complexity index is 1490. The molecule has 0 heterocycles. The molecule has 1 N–H and O–H groups in total. The Morgan fingerprint density at radius 3 is 2.12 bits per heavy atom. The van der Waals surface area contributed by atoms with Crippen LogP contribution in [0.1, 0.15) is 38.8 Å². The number of amides is 2. The van der Waals surface area contributed by atoms with Crippen LogP contribution in [0.3, 0.4) is 0 Å². The van der Waals surface area contributed by atoms with E-state index in [1.165, 1.54) is 42.3 Å². The van der Waals surface area contributed by atoms with Crippen molar-refractivity contribution in [3.63, 3.8) is 0 Å². The summed E-state index contributed by atoms with van der Waals surface area (Å²) in [5, 5.41) is 3.60. The number of aryl methyl sites for hydroxylation is 1.